The van der Waals surface area contributed by atoms with Crippen molar-refractivity contribution in [3.63, 3.8) is 0 Å². The number of hydrogen-bond donors (Lipinski definition) is 0. The number of benzene rings is 2. The Balaban J connectivity index is 1.40. The van der Waals surface area contributed by atoms with Crippen LogP contribution in [0, 0.1) is 6.92 Å². The molecule has 6 nitrogen and oxygen atoms in total. The third kappa shape index (κ3) is 3.48. The predicted molar refractivity (Wildman–Crippen MR) is 112 cm³/mol. The topological polar surface area (TPSA) is 64.6 Å². The van der Waals surface area contributed by atoms with E-state index in [-0.39, 0.29) is 16.8 Å². The molecule has 1 amide bonds. The Labute approximate surface area is 179 Å². The van der Waals surface area contributed by atoms with Gasteiger partial charge in [0.05, 0.1) is 0 Å². The van der Waals surface area contributed by atoms with Crippen molar-refractivity contribution < 1.29 is 14.3 Å². The molecule has 0 bridgehead atoms. The fourth-order valence-corrected chi connectivity index (χ4v) is 4.23. The van der Waals surface area contributed by atoms with E-state index in [0.717, 1.165) is 41.7 Å². The molecular formula is C23H20ClN3O3. The zero-order chi connectivity index (χ0) is 20.7. The van der Waals surface area contributed by atoms with Gasteiger partial charge in [0.1, 0.15) is 5.75 Å². The number of carbonyl (C=O) groups excluding carboxylic acids is 1. The fourth-order valence-electron chi connectivity index (χ4n) is 4.09. The Morgan fingerprint density at radius 3 is 2.57 bits per heavy atom. The zero-order valence-corrected chi connectivity index (χ0v) is 17.3. The molecule has 1 aliphatic heterocycles. The summed E-state index contributed by atoms with van der Waals surface area (Å²) in [5.41, 5.74) is 5.70. The Morgan fingerprint density at radius 1 is 1.03 bits per heavy atom. The van der Waals surface area contributed by atoms with E-state index in [9.17, 15) is 4.79 Å². The molecular weight excluding hydrogens is 402 g/mol. The number of ether oxygens (including phenoxy) is 2. The number of aromatic nitrogens is 2. The lowest BCUT2D eigenvalue weighted by Gasteiger charge is -2.17. The van der Waals surface area contributed by atoms with Gasteiger partial charge in [0, 0.05) is 19.2 Å². The highest BCUT2D eigenvalue weighted by molar-refractivity contribution is 6.29. The van der Waals surface area contributed by atoms with Gasteiger partial charge in [-0.05, 0) is 54.0 Å². The van der Waals surface area contributed by atoms with Crippen molar-refractivity contribution in [1.29, 1.82) is 0 Å². The van der Waals surface area contributed by atoms with Crippen LogP contribution in [0.2, 0.25) is 5.15 Å². The summed E-state index contributed by atoms with van der Waals surface area (Å²) in [6.45, 7) is 3.00. The van der Waals surface area contributed by atoms with Crippen molar-refractivity contribution in [2.75, 3.05) is 0 Å². The molecule has 152 valence electrons. The summed E-state index contributed by atoms with van der Waals surface area (Å²) in [5.74, 6) is 1.05. The molecule has 0 saturated heterocycles. The number of aryl methyl sites for hydroxylation is 2. The lowest BCUT2D eigenvalue weighted by Crippen LogP contribution is -2.28. The van der Waals surface area contributed by atoms with Crippen LogP contribution < -0.4 is 9.47 Å². The molecule has 0 spiro atoms. The van der Waals surface area contributed by atoms with Crippen LogP contribution >= 0.6 is 11.6 Å². The van der Waals surface area contributed by atoms with Crippen molar-refractivity contribution in [1.82, 2.24) is 15.1 Å². The molecule has 1 aliphatic carbocycles. The fraction of sp³-hybridized carbons (Fsp3) is 0.261. The van der Waals surface area contributed by atoms with E-state index >= 15 is 0 Å². The molecule has 2 aliphatic rings. The summed E-state index contributed by atoms with van der Waals surface area (Å²) in [4.78, 5) is 14.4. The zero-order valence-electron chi connectivity index (χ0n) is 16.5. The minimum absolute atomic E-state index is 0.130. The minimum atomic E-state index is -0.477. The summed E-state index contributed by atoms with van der Waals surface area (Å²) >= 11 is 6.03. The number of amides is 1. The summed E-state index contributed by atoms with van der Waals surface area (Å²) in [6, 6.07) is 13.6. The Morgan fingerprint density at radius 2 is 1.80 bits per heavy atom. The number of halogens is 1. The second kappa shape index (κ2) is 7.61. The third-order valence-electron chi connectivity index (χ3n) is 5.62. The van der Waals surface area contributed by atoms with Gasteiger partial charge in [-0.2, -0.15) is 0 Å². The second-order valence-corrected chi connectivity index (χ2v) is 8.02. The van der Waals surface area contributed by atoms with Crippen molar-refractivity contribution in [2.45, 2.75) is 39.3 Å². The van der Waals surface area contributed by atoms with E-state index in [4.69, 9.17) is 21.1 Å². The summed E-state index contributed by atoms with van der Waals surface area (Å²) < 4.78 is 11.8. The lowest BCUT2D eigenvalue weighted by atomic mass is 10.1. The number of fused-ring (bicyclic) bond motifs is 2. The molecule has 30 heavy (non-hydrogen) atoms. The van der Waals surface area contributed by atoms with Crippen LogP contribution in [0.5, 0.6) is 17.4 Å². The summed E-state index contributed by atoms with van der Waals surface area (Å²) in [5, 5.41) is 8.07. The molecule has 0 N–H and O–H groups in total. The molecule has 5 rings (SSSR count). The average molecular weight is 422 g/mol. The summed E-state index contributed by atoms with van der Waals surface area (Å²) in [6.07, 6.45) is 2.61. The number of nitrogens with zero attached hydrogens (tertiary/aromatic N) is 3. The van der Waals surface area contributed by atoms with Gasteiger partial charge in [0.15, 0.2) is 10.9 Å². The van der Waals surface area contributed by atoms with Gasteiger partial charge >= 0.3 is 6.09 Å². The molecule has 0 atom stereocenters. The Hall–Kier alpha value is -3.12. The van der Waals surface area contributed by atoms with Gasteiger partial charge in [0.25, 0.3) is 5.88 Å². The molecule has 7 heteroatoms. The highest BCUT2D eigenvalue weighted by Gasteiger charge is 2.27. The number of hydrogen-bond acceptors (Lipinski definition) is 5. The van der Waals surface area contributed by atoms with Crippen LogP contribution in [0.25, 0.3) is 0 Å². The largest absolute Gasteiger partial charge is 0.434 e. The number of carbonyl (C=O) groups is 1. The van der Waals surface area contributed by atoms with Gasteiger partial charge in [0.2, 0.25) is 0 Å². The predicted octanol–water partition coefficient (Wildman–Crippen LogP) is 5.23. The van der Waals surface area contributed by atoms with E-state index in [2.05, 4.69) is 16.3 Å². The van der Waals surface area contributed by atoms with Gasteiger partial charge in [-0.3, -0.25) is 4.90 Å². The first kappa shape index (κ1) is 18.9. The van der Waals surface area contributed by atoms with Crippen molar-refractivity contribution >= 4 is 17.7 Å². The minimum Gasteiger partial charge on any atom is -0.434 e. The van der Waals surface area contributed by atoms with E-state index in [1.54, 1.807) is 4.90 Å². The SMILES string of the molecule is Cc1ccc2c(c1Oc1nnc(Cl)cc1OC(=O)N1Cc3ccccc3C1)CCC2. The summed E-state index contributed by atoms with van der Waals surface area (Å²) in [7, 11) is 0. The van der Waals surface area contributed by atoms with E-state index < -0.39 is 6.09 Å². The van der Waals surface area contributed by atoms with E-state index in [1.165, 1.54) is 17.2 Å². The molecule has 2 aromatic carbocycles. The van der Waals surface area contributed by atoms with Crippen LogP contribution in [0.15, 0.2) is 42.5 Å². The lowest BCUT2D eigenvalue weighted by molar-refractivity contribution is 0.150. The molecule has 0 radical (unpaired) electrons. The Kier molecular flexibility index (Phi) is 4.79. The highest BCUT2D eigenvalue weighted by atomic mass is 35.5. The maximum Gasteiger partial charge on any atom is 0.416 e. The monoisotopic (exact) mass is 421 g/mol. The van der Waals surface area contributed by atoms with Crippen LogP contribution in [0.4, 0.5) is 4.79 Å². The van der Waals surface area contributed by atoms with Gasteiger partial charge in [-0.15, -0.1) is 10.2 Å². The molecule has 0 unspecified atom stereocenters. The molecule has 1 aromatic heterocycles. The molecule has 0 fully saturated rings. The van der Waals surface area contributed by atoms with Crippen LogP contribution in [0.3, 0.4) is 0 Å². The molecule has 0 saturated carbocycles. The van der Waals surface area contributed by atoms with Gasteiger partial charge in [-0.1, -0.05) is 48.0 Å². The van der Waals surface area contributed by atoms with Crippen LogP contribution in [-0.4, -0.2) is 21.2 Å². The normalized spacial score (nSPS) is 14.4. The van der Waals surface area contributed by atoms with Crippen LogP contribution in [0.1, 0.15) is 34.2 Å². The first-order valence-electron chi connectivity index (χ1n) is 9.94. The molecule has 3 aromatic rings. The first-order chi connectivity index (χ1) is 14.6. The van der Waals surface area contributed by atoms with Crippen LogP contribution in [-0.2, 0) is 25.9 Å². The van der Waals surface area contributed by atoms with Crippen molar-refractivity contribution in [3.8, 4) is 17.4 Å². The second-order valence-electron chi connectivity index (χ2n) is 7.63. The third-order valence-corrected chi connectivity index (χ3v) is 5.80. The average Bonchev–Trinajstić information content (AvgIpc) is 3.38. The van der Waals surface area contributed by atoms with Gasteiger partial charge in [-0.25, -0.2) is 4.79 Å². The van der Waals surface area contributed by atoms with Crippen molar-refractivity contribution in [3.05, 3.63) is 75.4 Å². The van der Waals surface area contributed by atoms with Crippen molar-refractivity contribution in [2.24, 2.45) is 0 Å². The first-order valence-corrected chi connectivity index (χ1v) is 10.3. The smallest absolute Gasteiger partial charge is 0.416 e. The maximum absolute atomic E-state index is 12.8. The van der Waals surface area contributed by atoms with E-state index in [0.29, 0.717) is 13.1 Å². The van der Waals surface area contributed by atoms with E-state index in [1.807, 2.05) is 37.3 Å². The maximum atomic E-state index is 12.8. The number of rotatable bonds is 3. The quantitative estimate of drug-likeness (QED) is 0.579. The highest BCUT2D eigenvalue weighted by Crippen LogP contribution is 2.39. The standard InChI is InChI=1S/C23H20ClN3O3/c1-14-9-10-15-7-4-8-18(15)21(14)30-22-19(11-20(24)25-26-22)29-23(28)27-12-16-5-2-3-6-17(16)13-27/h2-3,5-6,9-11H,4,7-8,12-13H2,1H3. The van der Waals surface area contributed by atoms with Gasteiger partial charge < -0.3 is 9.47 Å². The molecule has 2 heterocycles. The Bertz CT molecular complexity index is 1120.